The fraction of sp³-hybridized carbons (Fsp3) is 0.824. The second-order valence-corrected chi connectivity index (χ2v) is 16.4. The fourth-order valence-electron chi connectivity index (χ4n) is 6.92. The summed E-state index contributed by atoms with van der Waals surface area (Å²) in [4.78, 5) is 37.7. The number of carbonyl (C=O) groups is 3. The molecule has 0 aliphatic heterocycles. The first-order valence-corrected chi connectivity index (χ1v) is 24.5. The lowest BCUT2D eigenvalue weighted by atomic mass is 10.1. The van der Waals surface area contributed by atoms with E-state index in [-0.39, 0.29) is 31.1 Å². The minimum atomic E-state index is -0.770. The Balaban J connectivity index is 4.30. The van der Waals surface area contributed by atoms with E-state index in [0.717, 1.165) is 77.0 Å². The van der Waals surface area contributed by atoms with Gasteiger partial charge < -0.3 is 14.2 Å². The van der Waals surface area contributed by atoms with Crippen molar-refractivity contribution in [3.05, 3.63) is 36.5 Å². The highest BCUT2D eigenvalue weighted by Crippen LogP contribution is 2.15. The van der Waals surface area contributed by atoms with Crippen LogP contribution in [0.4, 0.5) is 0 Å². The highest BCUT2D eigenvalue weighted by atomic mass is 16.6. The molecule has 0 aromatic rings. The Bertz CT molecular complexity index is 969. The molecular weight excluding hydrogens is 709 g/mol. The van der Waals surface area contributed by atoms with Gasteiger partial charge in [-0.05, 0) is 57.8 Å². The van der Waals surface area contributed by atoms with Gasteiger partial charge in [-0.3, -0.25) is 14.4 Å². The van der Waals surface area contributed by atoms with Crippen molar-refractivity contribution in [1.29, 1.82) is 0 Å². The maximum absolute atomic E-state index is 12.7. The Morgan fingerprint density at radius 2 is 0.632 bits per heavy atom. The van der Waals surface area contributed by atoms with E-state index in [0.29, 0.717) is 19.3 Å². The van der Waals surface area contributed by atoms with Gasteiger partial charge in [-0.25, -0.2) is 0 Å². The summed E-state index contributed by atoms with van der Waals surface area (Å²) in [7, 11) is 0. The van der Waals surface area contributed by atoms with Gasteiger partial charge in [0.2, 0.25) is 0 Å². The Hall–Kier alpha value is -2.37. The molecular formula is C51H92O6. The second kappa shape index (κ2) is 46.3. The first-order chi connectivity index (χ1) is 28.0. The van der Waals surface area contributed by atoms with E-state index < -0.39 is 6.10 Å². The fourth-order valence-corrected chi connectivity index (χ4v) is 6.92. The van der Waals surface area contributed by atoms with Gasteiger partial charge in [0.05, 0.1) is 0 Å². The molecule has 0 radical (unpaired) electrons. The van der Waals surface area contributed by atoms with Crippen molar-refractivity contribution in [2.24, 2.45) is 0 Å². The first kappa shape index (κ1) is 54.6. The van der Waals surface area contributed by atoms with E-state index in [1.807, 2.05) is 0 Å². The summed E-state index contributed by atoms with van der Waals surface area (Å²) >= 11 is 0. The van der Waals surface area contributed by atoms with E-state index in [4.69, 9.17) is 14.2 Å². The molecule has 0 saturated heterocycles. The van der Waals surface area contributed by atoms with Crippen LogP contribution in [-0.4, -0.2) is 37.2 Å². The van der Waals surface area contributed by atoms with E-state index in [1.54, 1.807) is 0 Å². The third kappa shape index (κ3) is 44.6. The van der Waals surface area contributed by atoms with Crippen LogP contribution in [0.2, 0.25) is 0 Å². The lowest BCUT2D eigenvalue weighted by Crippen LogP contribution is -2.30. The Kier molecular flexibility index (Phi) is 44.4. The molecule has 332 valence electrons. The predicted octanol–water partition coefficient (Wildman–Crippen LogP) is 15.8. The van der Waals surface area contributed by atoms with Crippen LogP contribution in [0.1, 0.15) is 252 Å². The van der Waals surface area contributed by atoms with Crippen molar-refractivity contribution in [2.75, 3.05) is 13.2 Å². The van der Waals surface area contributed by atoms with Crippen LogP contribution in [-0.2, 0) is 28.6 Å². The molecule has 0 aliphatic carbocycles. The van der Waals surface area contributed by atoms with Gasteiger partial charge in [0.1, 0.15) is 13.2 Å². The lowest BCUT2D eigenvalue weighted by Gasteiger charge is -2.18. The SMILES string of the molecule is CCCCC/C=C\C/C=C\C/C=C\CCCCCCCCC(=O)OC[C@@H](COC(=O)CCCCCCCCCCCC)OC(=O)CCCCCCCCCCCC. The molecule has 1 atom stereocenters. The van der Waals surface area contributed by atoms with Gasteiger partial charge in [0.15, 0.2) is 6.10 Å². The maximum atomic E-state index is 12.7. The van der Waals surface area contributed by atoms with Gasteiger partial charge >= 0.3 is 17.9 Å². The lowest BCUT2D eigenvalue weighted by molar-refractivity contribution is -0.167. The zero-order chi connectivity index (χ0) is 41.5. The Labute approximate surface area is 353 Å². The molecule has 0 amide bonds. The number of esters is 3. The summed E-state index contributed by atoms with van der Waals surface area (Å²) in [5.74, 6) is -0.883. The van der Waals surface area contributed by atoms with E-state index in [2.05, 4.69) is 57.2 Å². The Morgan fingerprint density at radius 1 is 0.351 bits per heavy atom. The largest absolute Gasteiger partial charge is 0.462 e. The van der Waals surface area contributed by atoms with Crippen molar-refractivity contribution in [3.8, 4) is 0 Å². The minimum Gasteiger partial charge on any atom is -0.462 e. The molecule has 0 saturated carbocycles. The molecule has 6 nitrogen and oxygen atoms in total. The standard InChI is InChI=1S/C51H92O6/c1-4-7-10-13-16-19-22-23-24-25-26-27-28-29-30-33-35-38-41-44-50(53)56-47-48(57-51(54)45-42-39-36-32-21-18-15-12-9-6-3)46-55-49(52)43-40-37-34-31-20-17-14-11-8-5-2/h16,19,23-24,26-27,48H,4-15,17-18,20-22,25,28-47H2,1-3H3/b19-16-,24-23-,27-26-/t48-/m1/s1. The molecule has 0 aromatic carbocycles. The molecule has 0 spiro atoms. The van der Waals surface area contributed by atoms with Gasteiger partial charge in [-0.2, -0.15) is 0 Å². The van der Waals surface area contributed by atoms with Crippen LogP contribution < -0.4 is 0 Å². The second-order valence-electron chi connectivity index (χ2n) is 16.4. The summed E-state index contributed by atoms with van der Waals surface area (Å²) < 4.78 is 16.7. The van der Waals surface area contributed by atoms with Crippen LogP contribution in [0.5, 0.6) is 0 Å². The zero-order valence-corrected chi connectivity index (χ0v) is 37.9. The first-order valence-electron chi connectivity index (χ1n) is 24.5. The molecule has 57 heavy (non-hydrogen) atoms. The van der Waals surface area contributed by atoms with Crippen LogP contribution in [0.3, 0.4) is 0 Å². The minimum absolute atomic E-state index is 0.0730. The third-order valence-corrected chi connectivity index (χ3v) is 10.6. The van der Waals surface area contributed by atoms with E-state index >= 15 is 0 Å². The summed E-state index contributed by atoms with van der Waals surface area (Å²) in [6.45, 7) is 6.58. The van der Waals surface area contributed by atoms with Crippen molar-refractivity contribution in [2.45, 2.75) is 258 Å². The predicted molar refractivity (Wildman–Crippen MR) is 242 cm³/mol. The highest BCUT2D eigenvalue weighted by Gasteiger charge is 2.19. The summed E-state index contributed by atoms with van der Waals surface area (Å²) in [6.07, 6.45) is 52.7. The van der Waals surface area contributed by atoms with Crippen molar-refractivity contribution in [1.82, 2.24) is 0 Å². The highest BCUT2D eigenvalue weighted by molar-refractivity contribution is 5.71. The number of allylic oxidation sites excluding steroid dienone is 6. The Morgan fingerprint density at radius 3 is 1.02 bits per heavy atom. The maximum Gasteiger partial charge on any atom is 0.306 e. The van der Waals surface area contributed by atoms with E-state index in [1.165, 1.54) is 135 Å². The van der Waals surface area contributed by atoms with Gasteiger partial charge in [-0.15, -0.1) is 0 Å². The molecule has 6 heteroatoms. The van der Waals surface area contributed by atoms with Crippen LogP contribution >= 0.6 is 0 Å². The zero-order valence-electron chi connectivity index (χ0n) is 37.9. The molecule has 0 bridgehead atoms. The van der Waals surface area contributed by atoms with Gasteiger partial charge in [0.25, 0.3) is 0 Å². The number of hydrogen-bond acceptors (Lipinski definition) is 6. The molecule has 0 rings (SSSR count). The topological polar surface area (TPSA) is 78.9 Å². The summed E-state index contributed by atoms with van der Waals surface area (Å²) in [6, 6.07) is 0. The number of hydrogen-bond donors (Lipinski definition) is 0. The molecule has 0 N–H and O–H groups in total. The third-order valence-electron chi connectivity index (χ3n) is 10.6. The number of ether oxygens (including phenoxy) is 3. The van der Waals surface area contributed by atoms with Crippen LogP contribution in [0.15, 0.2) is 36.5 Å². The van der Waals surface area contributed by atoms with Gasteiger partial charge in [0, 0.05) is 19.3 Å². The van der Waals surface area contributed by atoms with Gasteiger partial charge in [-0.1, -0.05) is 211 Å². The number of carbonyl (C=O) groups excluding carboxylic acids is 3. The van der Waals surface area contributed by atoms with Crippen LogP contribution in [0.25, 0.3) is 0 Å². The number of unbranched alkanes of at least 4 members (excludes halogenated alkanes) is 27. The molecule has 0 fully saturated rings. The van der Waals surface area contributed by atoms with Crippen LogP contribution in [0, 0.1) is 0 Å². The summed E-state index contributed by atoms with van der Waals surface area (Å²) in [5.41, 5.74) is 0. The smallest absolute Gasteiger partial charge is 0.306 e. The van der Waals surface area contributed by atoms with E-state index in [9.17, 15) is 14.4 Å². The average Bonchev–Trinajstić information content (AvgIpc) is 3.21. The van der Waals surface area contributed by atoms with Crippen molar-refractivity contribution in [3.63, 3.8) is 0 Å². The number of rotatable bonds is 44. The molecule has 0 aromatic heterocycles. The molecule has 0 aliphatic rings. The van der Waals surface area contributed by atoms with Crippen molar-refractivity contribution >= 4 is 17.9 Å². The quantitative estimate of drug-likeness (QED) is 0.0264. The van der Waals surface area contributed by atoms with Crippen molar-refractivity contribution < 1.29 is 28.6 Å². The summed E-state index contributed by atoms with van der Waals surface area (Å²) in [5, 5.41) is 0. The normalized spacial score (nSPS) is 12.3. The average molecular weight is 801 g/mol. The monoisotopic (exact) mass is 801 g/mol. The molecule has 0 unspecified atom stereocenters. The molecule has 0 heterocycles.